The molecule has 0 bridgehead atoms. The molecule has 0 radical (unpaired) electrons. The summed E-state index contributed by atoms with van der Waals surface area (Å²) in [7, 11) is -3.51. The number of rotatable bonds is 6. The molecule has 4 heteroatoms. The van der Waals surface area contributed by atoms with Crippen molar-refractivity contribution >= 4 is 13.7 Å². The largest absolute Gasteiger partial charge is 0.455 e. The first kappa shape index (κ1) is 16.1. The Hall–Kier alpha value is -2.77. The third-order valence-corrected chi connectivity index (χ3v) is 4.65. The second-order valence-electron chi connectivity index (χ2n) is 5.07. The van der Waals surface area contributed by atoms with E-state index in [9.17, 15) is 4.57 Å². The van der Waals surface area contributed by atoms with Crippen molar-refractivity contribution < 1.29 is 13.6 Å². The molecule has 24 heavy (non-hydrogen) atoms. The molecular weight excluding hydrogens is 319 g/mol. The Bertz CT molecular complexity index is 785. The summed E-state index contributed by atoms with van der Waals surface area (Å²) in [4.78, 5) is 0. The van der Waals surface area contributed by atoms with E-state index in [1.165, 1.54) is 5.82 Å². The van der Waals surface area contributed by atoms with E-state index in [0.29, 0.717) is 11.5 Å². The van der Waals surface area contributed by atoms with Gasteiger partial charge < -0.3 is 9.05 Å². The summed E-state index contributed by atoms with van der Waals surface area (Å²) in [6.45, 7) is 0. The monoisotopic (exact) mass is 336 g/mol. The van der Waals surface area contributed by atoms with Gasteiger partial charge in [0.05, 0.1) is 5.82 Å². The van der Waals surface area contributed by atoms with Crippen LogP contribution in [0.3, 0.4) is 0 Å². The van der Waals surface area contributed by atoms with Gasteiger partial charge in [-0.3, -0.25) is 0 Å². The van der Waals surface area contributed by atoms with Gasteiger partial charge in [0.15, 0.2) is 0 Å². The van der Waals surface area contributed by atoms with Crippen LogP contribution in [0.4, 0.5) is 0 Å². The maximum atomic E-state index is 13.2. The lowest BCUT2D eigenvalue weighted by Crippen LogP contribution is -1.98. The van der Waals surface area contributed by atoms with Crippen LogP contribution in [0.1, 0.15) is 5.56 Å². The number of hydrogen-bond acceptors (Lipinski definition) is 3. The van der Waals surface area contributed by atoms with Crippen LogP contribution in [0.2, 0.25) is 0 Å². The van der Waals surface area contributed by atoms with Crippen molar-refractivity contribution in [3.8, 4) is 11.5 Å². The minimum Gasteiger partial charge on any atom is -0.413 e. The molecule has 3 aromatic carbocycles. The lowest BCUT2D eigenvalue weighted by molar-refractivity contribution is 0.398. The van der Waals surface area contributed by atoms with E-state index in [1.807, 2.05) is 66.7 Å². The van der Waals surface area contributed by atoms with E-state index in [1.54, 1.807) is 30.3 Å². The fourth-order valence-corrected chi connectivity index (χ4v) is 3.42. The van der Waals surface area contributed by atoms with E-state index in [0.717, 1.165) is 5.56 Å². The van der Waals surface area contributed by atoms with Crippen LogP contribution in [-0.4, -0.2) is 0 Å². The average molecular weight is 336 g/mol. The van der Waals surface area contributed by atoms with Crippen molar-refractivity contribution in [1.29, 1.82) is 0 Å². The maximum Gasteiger partial charge on any atom is 0.455 e. The van der Waals surface area contributed by atoms with Crippen molar-refractivity contribution in [2.75, 3.05) is 0 Å². The van der Waals surface area contributed by atoms with Gasteiger partial charge in [-0.05, 0) is 35.9 Å². The highest BCUT2D eigenvalue weighted by Crippen LogP contribution is 2.50. The minimum atomic E-state index is -3.51. The van der Waals surface area contributed by atoms with E-state index >= 15 is 0 Å². The summed E-state index contributed by atoms with van der Waals surface area (Å²) in [6.07, 6.45) is 1.74. The van der Waals surface area contributed by atoms with Gasteiger partial charge in [-0.25, -0.2) is 4.57 Å². The highest BCUT2D eigenvalue weighted by molar-refractivity contribution is 7.58. The normalized spacial score (nSPS) is 11.3. The number of benzene rings is 3. The topological polar surface area (TPSA) is 35.5 Å². The molecule has 3 aromatic rings. The molecule has 0 aliphatic heterocycles. The maximum absolute atomic E-state index is 13.2. The van der Waals surface area contributed by atoms with Gasteiger partial charge in [0.2, 0.25) is 0 Å². The third-order valence-electron chi connectivity index (χ3n) is 3.20. The summed E-state index contributed by atoms with van der Waals surface area (Å²) < 4.78 is 24.5. The first-order valence-electron chi connectivity index (χ1n) is 7.57. The van der Waals surface area contributed by atoms with Crippen LogP contribution in [0.5, 0.6) is 11.5 Å². The smallest absolute Gasteiger partial charge is 0.413 e. The molecule has 0 atom stereocenters. The molecule has 0 amide bonds. The Morgan fingerprint density at radius 1 is 0.625 bits per heavy atom. The standard InChI is InChI=1S/C20H17O3P/c21-24(22-19-12-6-2-7-13-19,23-20-14-8-3-9-15-20)17-16-18-10-4-1-5-11-18/h1-17H/b17-16+. The molecule has 0 N–H and O–H groups in total. The molecule has 120 valence electrons. The predicted octanol–water partition coefficient (Wildman–Crippen LogP) is 6.01. The van der Waals surface area contributed by atoms with Gasteiger partial charge in [0, 0.05) is 0 Å². The fraction of sp³-hybridized carbons (Fsp3) is 0. The first-order chi connectivity index (χ1) is 11.7. The second-order valence-corrected chi connectivity index (χ2v) is 6.82. The summed E-state index contributed by atoms with van der Waals surface area (Å²) in [5.74, 6) is 2.48. The summed E-state index contributed by atoms with van der Waals surface area (Å²) in [5.41, 5.74) is 0.922. The zero-order valence-electron chi connectivity index (χ0n) is 13.0. The summed E-state index contributed by atoms with van der Waals surface area (Å²) >= 11 is 0. The minimum absolute atomic E-state index is 0.495. The van der Waals surface area contributed by atoms with Crippen molar-refractivity contribution in [1.82, 2.24) is 0 Å². The predicted molar refractivity (Wildman–Crippen MR) is 97.2 cm³/mol. The van der Waals surface area contributed by atoms with Crippen LogP contribution in [0.15, 0.2) is 96.8 Å². The van der Waals surface area contributed by atoms with Crippen molar-refractivity contribution in [2.24, 2.45) is 0 Å². The molecule has 0 aliphatic rings. The van der Waals surface area contributed by atoms with Crippen molar-refractivity contribution in [3.05, 3.63) is 102 Å². The first-order valence-corrected chi connectivity index (χ1v) is 9.18. The molecule has 0 heterocycles. The second kappa shape index (κ2) is 7.67. The molecule has 0 aromatic heterocycles. The van der Waals surface area contributed by atoms with E-state index in [2.05, 4.69) is 0 Å². The number of hydrogen-bond donors (Lipinski definition) is 0. The quantitative estimate of drug-likeness (QED) is 0.517. The number of para-hydroxylation sites is 2. The van der Waals surface area contributed by atoms with Crippen LogP contribution >= 0.6 is 7.60 Å². The Labute approximate surface area is 141 Å². The molecule has 0 aliphatic carbocycles. The van der Waals surface area contributed by atoms with Gasteiger partial charge in [-0.1, -0.05) is 66.7 Å². The molecule has 0 spiro atoms. The lowest BCUT2D eigenvalue weighted by Gasteiger charge is -2.17. The molecular formula is C20H17O3P. The Kier molecular flexibility index (Phi) is 5.15. The molecule has 0 unspecified atom stereocenters. The zero-order chi connectivity index (χ0) is 16.7. The Balaban J connectivity index is 1.88. The van der Waals surface area contributed by atoms with Gasteiger partial charge in [0.25, 0.3) is 0 Å². The molecule has 0 fully saturated rings. The average Bonchev–Trinajstić information content (AvgIpc) is 2.63. The molecule has 3 nitrogen and oxygen atoms in total. The van der Waals surface area contributed by atoms with Crippen LogP contribution in [-0.2, 0) is 4.57 Å². The van der Waals surface area contributed by atoms with Gasteiger partial charge in [-0.2, -0.15) is 0 Å². The van der Waals surface area contributed by atoms with Gasteiger partial charge in [-0.15, -0.1) is 0 Å². The van der Waals surface area contributed by atoms with Gasteiger partial charge in [0.1, 0.15) is 11.5 Å². The van der Waals surface area contributed by atoms with Crippen LogP contribution in [0, 0.1) is 0 Å². The highest BCUT2D eigenvalue weighted by Gasteiger charge is 2.24. The summed E-state index contributed by atoms with van der Waals surface area (Å²) in [5, 5.41) is 0. The van der Waals surface area contributed by atoms with Crippen molar-refractivity contribution in [2.45, 2.75) is 0 Å². The Morgan fingerprint density at radius 3 is 1.50 bits per heavy atom. The highest BCUT2D eigenvalue weighted by atomic mass is 31.2. The fourth-order valence-electron chi connectivity index (χ4n) is 2.08. The zero-order valence-corrected chi connectivity index (χ0v) is 13.9. The van der Waals surface area contributed by atoms with Gasteiger partial charge >= 0.3 is 7.60 Å². The Morgan fingerprint density at radius 2 is 1.04 bits per heavy atom. The van der Waals surface area contributed by atoms with E-state index in [4.69, 9.17) is 9.05 Å². The SMILES string of the molecule is O=P(/C=C/c1ccccc1)(Oc1ccccc1)Oc1ccccc1. The summed E-state index contributed by atoms with van der Waals surface area (Å²) in [6, 6.07) is 27.6. The van der Waals surface area contributed by atoms with Crippen molar-refractivity contribution in [3.63, 3.8) is 0 Å². The molecule has 0 saturated carbocycles. The van der Waals surface area contributed by atoms with E-state index in [-0.39, 0.29) is 0 Å². The third kappa shape index (κ3) is 4.61. The van der Waals surface area contributed by atoms with Crippen LogP contribution in [0.25, 0.3) is 6.08 Å². The molecule has 0 saturated heterocycles. The van der Waals surface area contributed by atoms with Crippen LogP contribution < -0.4 is 9.05 Å². The molecule has 3 rings (SSSR count). The lowest BCUT2D eigenvalue weighted by atomic mass is 10.2. The van der Waals surface area contributed by atoms with E-state index < -0.39 is 7.60 Å².